The van der Waals surface area contributed by atoms with E-state index in [1.54, 1.807) is 0 Å². The SMILES string of the molecule is [CH2]CC1CCNC(=O)C1. The summed E-state index contributed by atoms with van der Waals surface area (Å²) in [6.07, 6.45) is 2.69. The minimum absolute atomic E-state index is 0.190. The second-order valence-corrected chi connectivity index (χ2v) is 2.50. The summed E-state index contributed by atoms with van der Waals surface area (Å²) in [7, 11) is 0. The van der Waals surface area contributed by atoms with E-state index in [9.17, 15) is 4.79 Å². The van der Waals surface area contributed by atoms with Gasteiger partial charge in [-0.1, -0.05) is 6.92 Å². The van der Waals surface area contributed by atoms with Gasteiger partial charge in [0.05, 0.1) is 0 Å². The summed E-state index contributed by atoms with van der Waals surface area (Å²) in [5, 5.41) is 2.78. The first-order valence-electron chi connectivity index (χ1n) is 3.39. The van der Waals surface area contributed by atoms with Gasteiger partial charge >= 0.3 is 0 Å². The van der Waals surface area contributed by atoms with Gasteiger partial charge in [-0.2, -0.15) is 0 Å². The molecule has 1 amide bonds. The molecule has 51 valence electrons. The maximum absolute atomic E-state index is 10.7. The largest absolute Gasteiger partial charge is 0.356 e. The second kappa shape index (κ2) is 2.85. The van der Waals surface area contributed by atoms with Crippen LogP contribution in [-0.4, -0.2) is 12.5 Å². The highest BCUT2D eigenvalue weighted by Gasteiger charge is 2.16. The van der Waals surface area contributed by atoms with Crippen LogP contribution in [-0.2, 0) is 4.79 Å². The van der Waals surface area contributed by atoms with Crippen molar-refractivity contribution in [2.45, 2.75) is 19.3 Å². The molecule has 0 aromatic carbocycles. The number of piperidine rings is 1. The van der Waals surface area contributed by atoms with E-state index in [4.69, 9.17) is 0 Å². The lowest BCUT2D eigenvalue weighted by atomic mass is 9.95. The number of carbonyl (C=O) groups is 1. The summed E-state index contributed by atoms with van der Waals surface area (Å²) < 4.78 is 0. The van der Waals surface area contributed by atoms with Crippen molar-refractivity contribution in [3.05, 3.63) is 6.92 Å². The molecule has 2 heteroatoms. The summed E-state index contributed by atoms with van der Waals surface area (Å²) in [6.45, 7) is 4.61. The van der Waals surface area contributed by atoms with Gasteiger partial charge in [0.2, 0.25) is 5.91 Å². The first-order valence-corrected chi connectivity index (χ1v) is 3.39. The van der Waals surface area contributed by atoms with Gasteiger partial charge in [0.25, 0.3) is 0 Å². The van der Waals surface area contributed by atoms with Crippen LogP contribution < -0.4 is 5.32 Å². The third-order valence-corrected chi connectivity index (χ3v) is 1.76. The third-order valence-electron chi connectivity index (χ3n) is 1.76. The average Bonchev–Trinajstić information content (AvgIpc) is 1.88. The van der Waals surface area contributed by atoms with Gasteiger partial charge in [-0.05, 0) is 18.8 Å². The molecule has 0 aromatic heterocycles. The molecule has 0 saturated carbocycles. The highest BCUT2D eigenvalue weighted by Crippen LogP contribution is 2.14. The fraction of sp³-hybridized carbons (Fsp3) is 0.714. The maximum atomic E-state index is 10.7. The van der Waals surface area contributed by atoms with Crippen molar-refractivity contribution in [3.63, 3.8) is 0 Å². The van der Waals surface area contributed by atoms with Crippen LogP contribution in [0.4, 0.5) is 0 Å². The van der Waals surface area contributed by atoms with E-state index >= 15 is 0 Å². The number of hydrogen-bond donors (Lipinski definition) is 1. The predicted octanol–water partition coefficient (Wildman–Crippen LogP) is 0.737. The molecule has 1 fully saturated rings. The van der Waals surface area contributed by atoms with Crippen LogP contribution in [0.5, 0.6) is 0 Å². The fourth-order valence-corrected chi connectivity index (χ4v) is 1.10. The molecule has 1 heterocycles. The zero-order valence-electron chi connectivity index (χ0n) is 5.52. The molecule has 1 atom stereocenters. The van der Waals surface area contributed by atoms with Crippen molar-refractivity contribution in [1.29, 1.82) is 0 Å². The van der Waals surface area contributed by atoms with Crippen LogP contribution in [0.15, 0.2) is 0 Å². The highest BCUT2D eigenvalue weighted by molar-refractivity contribution is 5.76. The maximum Gasteiger partial charge on any atom is 0.220 e. The number of hydrogen-bond acceptors (Lipinski definition) is 1. The van der Waals surface area contributed by atoms with E-state index in [2.05, 4.69) is 12.2 Å². The van der Waals surface area contributed by atoms with Crippen LogP contribution in [0.1, 0.15) is 19.3 Å². The van der Waals surface area contributed by atoms with Crippen LogP contribution in [0.25, 0.3) is 0 Å². The average molecular weight is 126 g/mol. The lowest BCUT2D eigenvalue weighted by molar-refractivity contribution is -0.123. The van der Waals surface area contributed by atoms with Crippen molar-refractivity contribution < 1.29 is 4.79 Å². The Kier molecular flexibility index (Phi) is 2.09. The first-order chi connectivity index (χ1) is 4.33. The van der Waals surface area contributed by atoms with Gasteiger partial charge in [0.15, 0.2) is 0 Å². The molecule has 1 rings (SSSR count). The van der Waals surface area contributed by atoms with Gasteiger partial charge in [-0.3, -0.25) is 4.79 Å². The topological polar surface area (TPSA) is 29.1 Å². The molecule has 0 bridgehead atoms. The fourth-order valence-electron chi connectivity index (χ4n) is 1.10. The van der Waals surface area contributed by atoms with Crippen molar-refractivity contribution >= 4 is 5.91 Å². The van der Waals surface area contributed by atoms with Crippen LogP contribution in [0.3, 0.4) is 0 Å². The molecule has 0 aliphatic carbocycles. The molecule has 1 unspecified atom stereocenters. The Balaban J connectivity index is 2.32. The summed E-state index contributed by atoms with van der Waals surface area (Å²) in [4.78, 5) is 10.7. The molecule has 1 radical (unpaired) electrons. The van der Waals surface area contributed by atoms with E-state index in [-0.39, 0.29) is 5.91 Å². The highest BCUT2D eigenvalue weighted by atomic mass is 16.1. The third kappa shape index (κ3) is 1.70. The molecule has 1 saturated heterocycles. The summed E-state index contributed by atoms with van der Waals surface area (Å²) in [6, 6.07) is 0. The number of amides is 1. The lowest BCUT2D eigenvalue weighted by Gasteiger charge is -2.19. The molecule has 1 aliphatic heterocycles. The van der Waals surface area contributed by atoms with E-state index in [0.29, 0.717) is 12.3 Å². The Hall–Kier alpha value is -0.530. The standard InChI is InChI=1S/C7H12NO/c1-2-6-3-4-8-7(9)5-6/h6H,1-5H2,(H,8,9). The molecule has 1 N–H and O–H groups in total. The minimum atomic E-state index is 0.190. The monoisotopic (exact) mass is 126 g/mol. The smallest absolute Gasteiger partial charge is 0.220 e. The Labute approximate surface area is 55.6 Å². The summed E-state index contributed by atoms with van der Waals surface area (Å²) in [5.41, 5.74) is 0. The van der Waals surface area contributed by atoms with Gasteiger partial charge in [-0.15, -0.1) is 0 Å². The Morgan fingerprint density at radius 3 is 3.00 bits per heavy atom. The molecule has 2 nitrogen and oxygen atoms in total. The minimum Gasteiger partial charge on any atom is -0.356 e. The van der Waals surface area contributed by atoms with E-state index in [0.717, 1.165) is 19.4 Å². The van der Waals surface area contributed by atoms with Crippen molar-refractivity contribution in [2.24, 2.45) is 5.92 Å². The zero-order chi connectivity index (χ0) is 6.69. The number of nitrogens with one attached hydrogen (secondary N) is 1. The number of rotatable bonds is 1. The molecular formula is C7H12NO. The lowest BCUT2D eigenvalue weighted by Crippen LogP contribution is -2.33. The molecule has 0 aromatic rings. The molecule has 9 heavy (non-hydrogen) atoms. The molecule has 1 aliphatic rings. The Morgan fingerprint density at radius 2 is 2.56 bits per heavy atom. The van der Waals surface area contributed by atoms with Crippen molar-refractivity contribution in [2.75, 3.05) is 6.54 Å². The van der Waals surface area contributed by atoms with E-state index < -0.39 is 0 Å². The van der Waals surface area contributed by atoms with Gasteiger partial charge in [0.1, 0.15) is 0 Å². The predicted molar refractivity (Wildman–Crippen MR) is 35.7 cm³/mol. The van der Waals surface area contributed by atoms with Gasteiger partial charge in [0, 0.05) is 13.0 Å². The van der Waals surface area contributed by atoms with Crippen LogP contribution >= 0.6 is 0 Å². The summed E-state index contributed by atoms with van der Waals surface area (Å²) >= 11 is 0. The van der Waals surface area contributed by atoms with Crippen molar-refractivity contribution in [3.8, 4) is 0 Å². The van der Waals surface area contributed by atoms with Gasteiger partial charge in [-0.25, -0.2) is 0 Å². The Morgan fingerprint density at radius 1 is 1.78 bits per heavy atom. The summed E-state index contributed by atoms with van der Waals surface area (Å²) in [5.74, 6) is 0.730. The van der Waals surface area contributed by atoms with Gasteiger partial charge < -0.3 is 5.32 Å². The molecular weight excluding hydrogens is 114 g/mol. The van der Waals surface area contributed by atoms with E-state index in [1.165, 1.54) is 0 Å². The first kappa shape index (κ1) is 6.59. The number of carbonyl (C=O) groups excluding carboxylic acids is 1. The Bertz CT molecular complexity index is 111. The van der Waals surface area contributed by atoms with Crippen LogP contribution in [0.2, 0.25) is 0 Å². The van der Waals surface area contributed by atoms with Crippen LogP contribution in [0, 0.1) is 12.8 Å². The quantitative estimate of drug-likeness (QED) is 0.551. The van der Waals surface area contributed by atoms with Crippen molar-refractivity contribution in [1.82, 2.24) is 5.32 Å². The normalized spacial score (nSPS) is 27.7. The zero-order valence-corrected chi connectivity index (χ0v) is 5.52. The van der Waals surface area contributed by atoms with E-state index in [1.807, 2.05) is 0 Å². The second-order valence-electron chi connectivity index (χ2n) is 2.50. The molecule has 0 spiro atoms.